The highest BCUT2D eigenvalue weighted by atomic mass is 16.1. The summed E-state index contributed by atoms with van der Waals surface area (Å²) < 4.78 is 1.84. The van der Waals surface area contributed by atoms with E-state index in [1.54, 1.807) is 6.20 Å². The van der Waals surface area contributed by atoms with Crippen molar-refractivity contribution in [1.82, 2.24) is 19.5 Å². The van der Waals surface area contributed by atoms with Gasteiger partial charge in [-0.05, 0) is 12.8 Å². The average Bonchev–Trinajstić information content (AvgIpc) is 3.12. The molecular weight excluding hydrogens is 328 g/mol. The first kappa shape index (κ1) is 16.5. The molecule has 7 heteroatoms. The predicted molar refractivity (Wildman–Crippen MR) is 101 cm³/mol. The number of anilines is 1. The van der Waals surface area contributed by atoms with Crippen molar-refractivity contribution in [2.75, 3.05) is 25.0 Å². The molecule has 0 saturated carbocycles. The van der Waals surface area contributed by atoms with E-state index < -0.39 is 0 Å². The van der Waals surface area contributed by atoms with Gasteiger partial charge >= 0.3 is 0 Å². The summed E-state index contributed by atoms with van der Waals surface area (Å²) in [5.41, 5.74) is 8.11. The van der Waals surface area contributed by atoms with Crippen LogP contribution < -0.4 is 11.1 Å². The fourth-order valence-electron chi connectivity index (χ4n) is 3.44. The van der Waals surface area contributed by atoms with Crippen LogP contribution in [0.1, 0.15) is 12.8 Å². The normalized spacial score (nSPS) is 16.0. The van der Waals surface area contributed by atoms with E-state index in [0.29, 0.717) is 12.6 Å². The zero-order valence-corrected chi connectivity index (χ0v) is 14.5. The quantitative estimate of drug-likeness (QED) is 0.732. The van der Waals surface area contributed by atoms with Gasteiger partial charge in [0.2, 0.25) is 5.91 Å². The molecule has 1 aliphatic heterocycles. The molecule has 3 heterocycles. The Hall–Kier alpha value is -2.93. The van der Waals surface area contributed by atoms with Gasteiger partial charge in [0.25, 0.3) is 0 Å². The lowest BCUT2D eigenvalue weighted by molar-refractivity contribution is -0.119. The molecule has 3 aromatic rings. The van der Waals surface area contributed by atoms with Crippen LogP contribution in [-0.4, -0.2) is 51.1 Å². The lowest BCUT2D eigenvalue weighted by Crippen LogP contribution is -2.43. The number of aromatic nitrogens is 3. The number of nitrogens with one attached hydrogen (secondary N) is 1. The smallest absolute Gasteiger partial charge is 0.231 e. The average molecular weight is 350 g/mol. The van der Waals surface area contributed by atoms with Crippen LogP contribution in [0.4, 0.5) is 5.82 Å². The number of primary amides is 1. The molecule has 2 aromatic heterocycles. The zero-order valence-electron chi connectivity index (χ0n) is 14.5. The fourth-order valence-corrected chi connectivity index (χ4v) is 3.44. The molecule has 0 unspecified atom stereocenters. The third-order valence-electron chi connectivity index (χ3n) is 4.75. The van der Waals surface area contributed by atoms with Gasteiger partial charge in [-0.15, -0.1) is 0 Å². The van der Waals surface area contributed by atoms with Gasteiger partial charge in [-0.3, -0.25) is 9.69 Å². The molecule has 1 amide bonds. The topological polar surface area (TPSA) is 88.5 Å². The van der Waals surface area contributed by atoms with E-state index in [4.69, 9.17) is 10.7 Å². The van der Waals surface area contributed by atoms with Crippen molar-refractivity contribution in [3.63, 3.8) is 0 Å². The van der Waals surface area contributed by atoms with Crippen molar-refractivity contribution >= 4 is 17.4 Å². The lowest BCUT2D eigenvalue weighted by Gasteiger charge is -2.32. The SMILES string of the molecule is NC(=O)CN1CCC(Nc2cc(-c3ccccc3)nc3ccnn23)CC1. The molecule has 4 rings (SSSR count). The van der Waals surface area contributed by atoms with Crippen LogP contribution in [0.15, 0.2) is 48.7 Å². The van der Waals surface area contributed by atoms with E-state index in [0.717, 1.165) is 48.7 Å². The maximum atomic E-state index is 11.1. The number of piperidine rings is 1. The molecular formula is C19H22N6O. The van der Waals surface area contributed by atoms with Crippen LogP contribution in [0.2, 0.25) is 0 Å². The van der Waals surface area contributed by atoms with Crippen LogP contribution in [0.3, 0.4) is 0 Å². The number of likely N-dealkylation sites (tertiary alicyclic amines) is 1. The summed E-state index contributed by atoms with van der Waals surface area (Å²) in [5.74, 6) is 0.670. The Morgan fingerprint density at radius 3 is 2.69 bits per heavy atom. The number of fused-ring (bicyclic) bond motifs is 1. The molecule has 0 aliphatic carbocycles. The Balaban J connectivity index is 1.55. The largest absolute Gasteiger partial charge is 0.369 e. The number of carbonyl (C=O) groups excluding carboxylic acids is 1. The number of amides is 1. The van der Waals surface area contributed by atoms with Crippen molar-refractivity contribution in [3.8, 4) is 11.3 Å². The molecule has 26 heavy (non-hydrogen) atoms. The Morgan fingerprint density at radius 1 is 1.19 bits per heavy atom. The van der Waals surface area contributed by atoms with Gasteiger partial charge in [-0.1, -0.05) is 30.3 Å². The van der Waals surface area contributed by atoms with E-state index in [2.05, 4.69) is 27.4 Å². The summed E-state index contributed by atoms with van der Waals surface area (Å²) in [5, 5.41) is 8.00. The molecule has 0 bridgehead atoms. The van der Waals surface area contributed by atoms with Gasteiger partial charge in [-0.25, -0.2) is 4.98 Å². The second-order valence-electron chi connectivity index (χ2n) is 6.65. The number of rotatable bonds is 5. The van der Waals surface area contributed by atoms with Crippen LogP contribution in [-0.2, 0) is 4.79 Å². The predicted octanol–water partition coefficient (Wildman–Crippen LogP) is 1.76. The van der Waals surface area contributed by atoms with Crippen molar-refractivity contribution in [1.29, 1.82) is 0 Å². The standard InChI is InChI=1S/C19H22N6O/c20-17(26)13-24-10-7-15(8-11-24)22-19-12-16(14-4-2-1-3-5-14)23-18-6-9-21-25(18)19/h1-6,9,12,15,22H,7-8,10-11,13H2,(H2,20,26). The van der Waals surface area contributed by atoms with Crippen LogP contribution in [0, 0.1) is 0 Å². The van der Waals surface area contributed by atoms with Crippen LogP contribution in [0.5, 0.6) is 0 Å². The first-order valence-electron chi connectivity index (χ1n) is 8.86. The molecule has 1 fully saturated rings. The van der Waals surface area contributed by atoms with E-state index in [9.17, 15) is 4.79 Å². The van der Waals surface area contributed by atoms with Crippen molar-refractivity contribution < 1.29 is 4.79 Å². The van der Waals surface area contributed by atoms with E-state index in [1.807, 2.05) is 34.8 Å². The minimum atomic E-state index is -0.267. The van der Waals surface area contributed by atoms with Crippen LogP contribution in [0.25, 0.3) is 16.9 Å². The highest BCUT2D eigenvalue weighted by Gasteiger charge is 2.21. The Labute approximate surface area is 151 Å². The van der Waals surface area contributed by atoms with Gasteiger partial charge in [-0.2, -0.15) is 9.61 Å². The molecule has 7 nitrogen and oxygen atoms in total. The number of carbonyl (C=O) groups is 1. The minimum Gasteiger partial charge on any atom is -0.369 e. The van der Waals surface area contributed by atoms with Crippen molar-refractivity contribution in [3.05, 3.63) is 48.7 Å². The molecule has 1 aromatic carbocycles. The van der Waals surface area contributed by atoms with E-state index >= 15 is 0 Å². The maximum Gasteiger partial charge on any atom is 0.231 e. The second kappa shape index (κ2) is 7.13. The van der Waals surface area contributed by atoms with Gasteiger partial charge in [0, 0.05) is 36.8 Å². The van der Waals surface area contributed by atoms with Gasteiger partial charge in [0.15, 0.2) is 5.65 Å². The summed E-state index contributed by atoms with van der Waals surface area (Å²) in [6.45, 7) is 2.06. The Kier molecular flexibility index (Phi) is 4.53. The first-order chi connectivity index (χ1) is 12.7. The molecule has 0 spiro atoms. The molecule has 3 N–H and O–H groups in total. The monoisotopic (exact) mass is 350 g/mol. The van der Waals surface area contributed by atoms with E-state index in [1.165, 1.54) is 0 Å². The third kappa shape index (κ3) is 3.52. The Bertz CT molecular complexity index is 899. The first-order valence-corrected chi connectivity index (χ1v) is 8.86. The number of nitrogens with zero attached hydrogens (tertiary/aromatic N) is 4. The summed E-state index contributed by atoms with van der Waals surface area (Å²) in [6.07, 6.45) is 3.68. The molecule has 1 saturated heterocycles. The number of nitrogens with two attached hydrogens (primary N) is 1. The van der Waals surface area contributed by atoms with E-state index in [-0.39, 0.29) is 5.91 Å². The molecule has 0 atom stereocenters. The van der Waals surface area contributed by atoms with Crippen molar-refractivity contribution in [2.45, 2.75) is 18.9 Å². The van der Waals surface area contributed by atoms with Gasteiger partial charge < -0.3 is 11.1 Å². The Morgan fingerprint density at radius 2 is 1.96 bits per heavy atom. The molecule has 1 aliphatic rings. The molecule has 134 valence electrons. The molecule has 0 radical (unpaired) electrons. The summed E-state index contributed by atoms with van der Waals surface area (Å²) in [7, 11) is 0. The van der Waals surface area contributed by atoms with Crippen molar-refractivity contribution in [2.24, 2.45) is 5.73 Å². The summed E-state index contributed by atoms with van der Waals surface area (Å²) in [6, 6.07) is 14.4. The minimum absolute atomic E-state index is 0.267. The van der Waals surface area contributed by atoms with Gasteiger partial charge in [0.1, 0.15) is 5.82 Å². The fraction of sp³-hybridized carbons (Fsp3) is 0.316. The summed E-state index contributed by atoms with van der Waals surface area (Å²) >= 11 is 0. The number of hydrogen-bond donors (Lipinski definition) is 2. The number of hydrogen-bond acceptors (Lipinski definition) is 5. The zero-order chi connectivity index (χ0) is 17.9. The third-order valence-corrected chi connectivity index (χ3v) is 4.75. The maximum absolute atomic E-state index is 11.1. The number of benzene rings is 1. The van der Waals surface area contributed by atoms with Gasteiger partial charge in [0.05, 0.1) is 18.4 Å². The lowest BCUT2D eigenvalue weighted by atomic mass is 10.0. The second-order valence-corrected chi connectivity index (χ2v) is 6.65. The van der Waals surface area contributed by atoms with Crippen LogP contribution >= 0.6 is 0 Å². The highest BCUT2D eigenvalue weighted by molar-refractivity contribution is 5.75. The highest BCUT2D eigenvalue weighted by Crippen LogP contribution is 2.24. The summed E-state index contributed by atoms with van der Waals surface area (Å²) in [4.78, 5) is 17.9.